The van der Waals surface area contributed by atoms with E-state index in [1.54, 1.807) is 16.7 Å². The number of aromatic nitrogens is 3. The fourth-order valence-corrected chi connectivity index (χ4v) is 5.21. The summed E-state index contributed by atoms with van der Waals surface area (Å²) in [7, 11) is 0. The molecular weight excluding hydrogens is 561 g/mol. The number of nitrogens with zero attached hydrogens (tertiary/aromatic N) is 3. The topological polar surface area (TPSA) is 111 Å². The zero-order valence-corrected chi connectivity index (χ0v) is 22.6. The third kappa shape index (κ3) is 5.79. The Labute approximate surface area is 243 Å². The molecular formula is C28H27Cl2N3O7. The number of fused-ring (bicyclic) bond motifs is 2. The number of hydrogen-bond acceptors (Lipinski definition) is 8. The molecule has 210 valence electrons. The number of esters is 3. The molecule has 3 heterocycles. The Morgan fingerprint density at radius 1 is 0.975 bits per heavy atom. The van der Waals surface area contributed by atoms with Gasteiger partial charge in [-0.2, -0.15) is 0 Å². The second-order valence-corrected chi connectivity index (χ2v) is 10.00. The summed E-state index contributed by atoms with van der Waals surface area (Å²) in [5.41, 5.74) is 0.952. The normalized spacial score (nSPS) is 21.6. The van der Waals surface area contributed by atoms with Gasteiger partial charge in [0.1, 0.15) is 18.5 Å². The number of imidazole rings is 1. The zero-order chi connectivity index (χ0) is 30.7. The van der Waals surface area contributed by atoms with Crippen LogP contribution in [0.25, 0.3) is 21.8 Å². The maximum atomic E-state index is 12.4. The lowest BCUT2D eigenvalue weighted by molar-refractivity contribution is -0.166. The first-order valence-corrected chi connectivity index (χ1v) is 13.0. The first-order chi connectivity index (χ1) is 20.7. The lowest BCUT2D eigenvalue weighted by Crippen LogP contribution is -2.40. The van der Waals surface area contributed by atoms with Crippen molar-refractivity contribution in [1.29, 1.82) is 0 Å². The van der Waals surface area contributed by atoms with Gasteiger partial charge in [-0.3, -0.25) is 19.0 Å². The fourth-order valence-electron chi connectivity index (χ4n) is 4.90. The molecule has 10 nitrogen and oxygen atoms in total. The molecule has 4 atom stereocenters. The number of ether oxygens (including phenoxy) is 4. The highest BCUT2D eigenvalue weighted by molar-refractivity contribution is 6.42. The van der Waals surface area contributed by atoms with Crippen LogP contribution in [-0.2, 0) is 46.3 Å². The average Bonchev–Trinajstić information content (AvgIpc) is 3.67. The second-order valence-electron chi connectivity index (χ2n) is 9.19. The molecule has 0 radical (unpaired) electrons. The summed E-state index contributed by atoms with van der Waals surface area (Å²) in [4.78, 5) is 41.3. The molecule has 0 saturated carbocycles. The van der Waals surface area contributed by atoms with Crippen LogP contribution in [0.4, 0.5) is 0 Å². The lowest BCUT2D eigenvalue weighted by atomic mass is 10.1. The molecule has 0 spiro atoms. The van der Waals surface area contributed by atoms with Gasteiger partial charge in [-0.05, 0) is 22.9 Å². The number of benzene rings is 2. The molecule has 0 amide bonds. The van der Waals surface area contributed by atoms with Crippen molar-refractivity contribution in [3.8, 4) is 0 Å². The van der Waals surface area contributed by atoms with Gasteiger partial charge in [-0.25, -0.2) is 4.98 Å². The third-order valence-electron chi connectivity index (χ3n) is 6.49. The average molecular weight is 591 g/mol. The molecule has 1 aliphatic heterocycles. The molecule has 1 aliphatic rings. The summed E-state index contributed by atoms with van der Waals surface area (Å²) in [5, 5.41) is 2.64. The SMILES string of the molecule is [2H]CC(=O)OC[C@H]1OC(n2c(CCn3cc4ccccc4c3)nc3cc(Cl)c(Cl)cc32)[C@H](OC(=O)C[2H])[C@@H]1OC(=O)C[2H]. The number of carbonyl (C=O) groups excluding carboxylic acids is 3. The van der Waals surface area contributed by atoms with E-state index in [4.69, 9.17) is 51.2 Å². The Morgan fingerprint density at radius 3 is 2.30 bits per heavy atom. The van der Waals surface area contributed by atoms with Crippen LogP contribution in [0.3, 0.4) is 0 Å². The summed E-state index contributed by atoms with van der Waals surface area (Å²) in [6, 6.07) is 11.1. The van der Waals surface area contributed by atoms with Crippen molar-refractivity contribution >= 4 is 62.9 Å². The molecule has 5 rings (SSSR count). The van der Waals surface area contributed by atoms with Gasteiger partial charge < -0.3 is 23.5 Å². The maximum Gasteiger partial charge on any atom is 0.303 e. The minimum atomic E-state index is -1.31. The van der Waals surface area contributed by atoms with Crippen LogP contribution in [0.5, 0.6) is 0 Å². The molecule has 2 aromatic carbocycles. The predicted molar refractivity (Wildman–Crippen MR) is 147 cm³/mol. The number of halogens is 2. The molecule has 1 unspecified atom stereocenters. The second kappa shape index (κ2) is 11.5. The van der Waals surface area contributed by atoms with E-state index < -0.39 is 69.8 Å². The van der Waals surface area contributed by atoms with E-state index in [0.717, 1.165) is 10.8 Å². The minimum Gasteiger partial charge on any atom is -0.463 e. The van der Waals surface area contributed by atoms with Gasteiger partial charge in [-0.1, -0.05) is 47.5 Å². The van der Waals surface area contributed by atoms with Crippen LogP contribution in [0.1, 0.15) is 36.9 Å². The van der Waals surface area contributed by atoms with E-state index in [-0.39, 0.29) is 10.0 Å². The van der Waals surface area contributed by atoms with Crippen LogP contribution in [-0.4, -0.2) is 56.9 Å². The Hall–Kier alpha value is -3.60. The quantitative estimate of drug-likeness (QED) is 0.211. The van der Waals surface area contributed by atoms with Crippen molar-refractivity contribution in [3.05, 3.63) is 64.7 Å². The van der Waals surface area contributed by atoms with E-state index in [2.05, 4.69) is 0 Å². The number of aryl methyl sites for hydroxylation is 2. The summed E-state index contributed by atoms with van der Waals surface area (Å²) in [6.45, 7) is -2.01. The molecule has 4 aromatic rings. The van der Waals surface area contributed by atoms with Crippen LogP contribution >= 0.6 is 23.2 Å². The van der Waals surface area contributed by atoms with Gasteiger partial charge in [0.25, 0.3) is 0 Å². The molecule has 1 fully saturated rings. The predicted octanol–water partition coefficient (Wildman–Crippen LogP) is 4.86. The van der Waals surface area contributed by atoms with E-state index in [1.807, 2.05) is 41.2 Å². The lowest BCUT2D eigenvalue weighted by Gasteiger charge is -2.25. The molecule has 40 heavy (non-hydrogen) atoms. The number of rotatable bonds is 8. The van der Waals surface area contributed by atoms with Crippen molar-refractivity contribution in [1.82, 2.24) is 14.1 Å². The minimum absolute atomic E-state index is 0.231. The van der Waals surface area contributed by atoms with Crippen molar-refractivity contribution in [2.75, 3.05) is 6.61 Å². The van der Waals surface area contributed by atoms with Crippen LogP contribution in [0, 0.1) is 0 Å². The summed E-state index contributed by atoms with van der Waals surface area (Å²) in [5.74, 6) is -2.19. The monoisotopic (exact) mass is 590 g/mol. The summed E-state index contributed by atoms with van der Waals surface area (Å²) in [6.07, 6.45) is -0.531. The van der Waals surface area contributed by atoms with Crippen LogP contribution < -0.4 is 0 Å². The van der Waals surface area contributed by atoms with Crippen molar-refractivity contribution in [2.45, 2.75) is 58.2 Å². The molecule has 0 bridgehead atoms. The fraction of sp³-hybridized carbons (Fsp3) is 0.357. The number of carbonyl (C=O) groups is 3. The van der Waals surface area contributed by atoms with Gasteiger partial charge in [0.2, 0.25) is 0 Å². The highest BCUT2D eigenvalue weighted by Crippen LogP contribution is 2.39. The molecule has 0 N–H and O–H groups in total. The van der Waals surface area contributed by atoms with Crippen LogP contribution in [0.2, 0.25) is 10.0 Å². The van der Waals surface area contributed by atoms with E-state index >= 15 is 0 Å². The van der Waals surface area contributed by atoms with Crippen LogP contribution in [0.15, 0.2) is 48.8 Å². The summed E-state index contributed by atoms with van der Waals surface area (Å²) < 4.78 is 48.3. The Kier molecular flexibility index (Phi) is 6.95. The van der Waals surface area contributed by atoms with Crippen molar-refractivity contribution in [2.24, 2.45) is 0 Å². The van der Waals surface area contributed by atoms with Crippen molar-refractivity contribution < 1.29 is 37.4 Å². The zero-order valence-electron chi connectivity index (χ0n) is 24.1. The van der Waals surface area contributed by atoms with Crippen molar-refractivity contribution in [3.63, 3.8) is 0 Å². The largest absolute Gasteiger partial charge is 0.463 e. The van der Waals surface area contributed by atoms with Gasteiger partial charge in [-0.15, -0.1) is 0 Å². The first-order valence-electron chi connectivity index (χ1n) is 14.3. The molecule has 2 aromatic heterocycles. The highest BCUT2D eigenvalue weighted by atomic mass is 35.5. The molecule has 0 aliphatic carbocycles. The molecule has 1 saturated heterocycles. The van der Waals surface area contributed by atoms with E-state index in [0.29, 0.717) is 29.8 Å². The highest BCUT2D eigenvalue weighted by Gasteiger charge is 2.51. The van der Waals surface area contributed by atoms with Gasteiger partial charge in [0.15, 0.2) is 18.4 Å². The van der Waals surface area contributed by atoms with Gasteiger partial charge >= 0.3 is 17.9 Å². The van der Waals surface area contributed by atoms with E-state index in [1.165, 1.54) is 0 Å². The van der Waals surface area contributed by atoms with Gasteiger partial charge in [0, 0.05) is 50.2 Å². The number of hydrogen-bond donors (Lipinski definition) is 0. The Morgan fingerprint density at radius 2 is 1.62 bits per heavy atom. The smallest absolute Gasteiger partial charge is 0.303 e. The third-order valence-corrected chi connectivity index (χ3v) is 7.21. The summed E-state index contributed by atoms with van der Waals surface area (Å²) >= 11 is 12.7. The standard InChI is InChI=1S/C28H27Cl2N3O7/c1-15(34)37-14-24-26(38-16(2)35)27(39-17(3)36)28(40-24)33-23-11-21(30)20(29)10-22(23)31-25(33)8-9-32-12-18-6-4-5-7-19(18)13-32/h4-7,10-13,24,26-28H,8-9,14H2,1-3H3/t24-,26-,27-,28?/m1/s1/i1D,2D,3D. The first kappa shape index (κ1) is 24.2. The van der Waals surface area contributed by atoms with Gasteiger partial charge in [0.05, 0.1) is 21.1 Å². The Balaban J connectivity index is 1.57. The maximum absolute atomic E-state index is 12.4. The Bertz CT molecular complexity index is 1630. The molecule has 12 heteroatoms. The van der Waals surface area contributed by atoms with E-state index in [9.17, 15) is 14.4 Å².